The number of piperidine rings is 1. The van der Waals surface area contributed by atoms with Crippen LogP contribution >= 0.6 is 0 Å². The summed E-state index contributed by atoms with van der Waals surface area (Å²) in [5.41, 5.74) is 2.16. The number of hydrogen-bond acceptors (Lipinski definition) is 5. The van der Waals surface area contributed by atoms with Crippen LogP contribution < -0.4 is 15.4 Å². The lowest BCUT2D eigenvalue weighted by Gasteiger charge is -2.23. The number of hydrogen-bond donors (Lipinski definition) is 2. The van der Waals surface area contributed by atoms with E-state index in [9.17, 15) is 4.79 Å². The molecule has 150 valence electrons. The fourth-order valence-corrected chi connectivity index (χ4v) is 3.56. The van der Waals surface area contributed by atoms with Crippen molar-refractivity contribution in [3.63, 3.8) is 0 Å². The zero-order valence-corrected chi connectivity index (χ0v) is 16.5. The summed E-state index contributed by atoms with van der Waals surface area (Å²) in [6, 6.07) is 17.6. The zero-order valence-electron chi connectivity index (χ0n) is 16.5. The lowest BCUT2D eigenvalue weighted by Crippen LogP contribution is -2.30. The highest BCUT2D eigenvalue weighted by molar-refractivity contribution is 5.93. The number of nitrogens with zero attached hydrogens (tertiary/aromatic N) is 3. The van der Waals surface area contributed by atoms with Gasteiger partial charge >= 0.3 is 0 Å². The van der Waals surface area contributed by atoms with Gasteiger partial charge in [-0.3, -0.25) is 4.79 Å². The maximum absolute atomic E-state index is 12.6. The summed E-state index contributed by atoms with van der Waals surface area (Å²) in [7, 11) is 0. The van der Waals surface area contributed by atoms with Crippen LogP contribution in [0, 0.1) is 6.92 Å². The summed E-state index contributed by atoms with van der Waals surface area (Å²) < 4.78 is 7.75. The molecule has 7 nitrogen and oxygen atoms in total. The molecule has 2 heterocycles. The molecule has 0 unspecified atom stereocenters. The Bertz CT molecular complexity index is 964. The van der Waals surface area contributed by atoms with Crippen molar-refractivity contribution in [1.82, 2.24) is 25.6 Å². The molecule has 29 heavy (non-hydrogen) atoms. The van der Waals surface area contributed by atoms with Crippen LogP contribution in [0.3, 0.4) is 0 Å². The molecular formula is C22H25N5O2. The maximum atomic E-state index is 12.6. The van der Waals surface area contributed by atoms with E-state index in [1.54, 1.807) is 0 Å². The van der Waals surface area contributed by atoms with Crippen LogP contribution in [0.5, 0.6) is 11.5 Å². The van der Waals surface area contributed by atoms with E-state index in [0.717, 1.165) is 48.7 Å². The number of ether oxygens (including phenoxy) is 1. The van der Waals surface area contributed by atoms with Gasteiger partial charge in [-0.25, -0.2) is 4.68 Å². The minimum Gasteiger partial charge on any atom is -0.457 e. The Hall–Kier alpha value is -3.19. The van der Waals surface area contributed by atoms with Crippen molar-refractivity contribution in [3.8, 4) is 11.5 Å². The number of amides is 1. The molecule has 2 N–H and O–H groups in total. The van der Waals surface area contributed by atoms with Crippen molar-refractivity contribution in [2.24, 2.45) is 0 Å². The Morgan fingerprint density at radius 3 is 2.69 bits per heavy atom. The topological polar surface area (TPSA) is 81.1 Å². The van der Waals surface area contributed by atoms with Gasteiger partial charge < -0.3 is 15.4 Å². The standard InChI is InChI=1S/C22H25N5O2/c1-16-21(25-26-27(16)18-10-12-23-13-11-18)22(28)24-15-17-6-5-9-20(14-17)29-19-7-3-2-4-8-19/h2-9,14,18,23H,10-13,15H2,1H3,(H,24,28). The first-order chi connectivity index (χ1) is 14.2. The van der Waals surface area contributed by atoms with Crippen molar-refractivity contribution in [2.45, 2.75) is 32.4 Å². The van der Waals surface area contributed by atoms with Crippen LogP contribution in [0.15, 0.2) is 54.6 Å². The number of carbonyl (C=O) groups excluding carboxylic acids is 1. The average Bonchev–Trinajstić information content (AvgIpc) is 3.15. The number of rotatable bonds is 6. The SMILES string of the molecule is Cc1c(C(=O)NCc2cccc(Oc3ccccc3)c2)nnn1C1CCNCC1. The van der Waals surface area contributed by atoms with E-state index in [0.29, 0.717) is 18.3 Å². The highest BCUT2D eigenvalue weighted by atomic mass is 16.5. The summed E-state index contributed by atoms with van der Waals surface area (Å²) in [5.74, 6) is 1.30. The molecule has 1 aliphatic rings. The van der Waals surface area contributed by atoms with Gasteiger partial charge in [0.2, 0.25) is 0 Å². The van der Waals surface area contributed by atoms with Gasteiger partial charge in [0.05, 0.1) is 11.7 Å². The van der Waals surface area contributed by atoms with Crippen LogP contribution in [-0.2, 0) is 6.54 Å². The third kappa shape index (κ3) is 4.63. The van der Waals surface area contributed by atoms with E-state index in [4.69, 9.17) is 4.74 Å². The molecule has 2 aromatic carbocycles. The van der Waals surface area contributed by atoms with Crippen molar-refractivity contribution >= 4 is 5.91 Å². The molecular weight excluding hydrogens is 366 g/mol. The Morgan fingerprint density at radius 1 is 1.14 bits per heavy atom. The largest absolute Gasteiger partial charge is 0.457 e. The van der Waals surface area contributed by atoms with E-state index in [-0.39, 0.29) is 5.91 Å². The van der Waals surface area contributed by atoms with Gasteiger partial charge in [-0.05, 0) is 62.7 Å². The second-order valence-electron chi connectivity index (χ2n) is 7.19. The summed E-state index contributed by atoms with van der Waals surface area (Å²) in [5, 5.41) is 14.6. The summed E-state index contributed by atoms with van der Waals surface area (Å²) in [6.45, 7) is 4.23. The fraction of sp³-hybridized carbons (Fsp3) is 0.318. The van der Waals surface area contributed by atoms with Crippen LogP contribution in [0.2, 0.25) is 0 Å². The van der Waals surface area contributed by atoms with Crippen molar-refractivity contribution in [3.05, 3.63) is 71.5 Å². The van der Waals surface area contributed by atoms with Crippen LogP contribution in [0.4, 0.5) is 0 Å². The normalized spacial score (nSPS) is 14.5. The van der Waals surface area contributed by atoms with E-state index in [1.807, 2.05) is 66.2 Å². The molecule has 1 aromatic heterocycles. The molecule has 0 aliphatic carbocycles. The summed E-state index contributed by atoms with van der Waals surface area (Å²) in [6.07, 6.45) is 2.00. The predicted octanol–water partition coefficient (Wildman–Crippen LogP) is 3.23. The summed E-state index contributed by atoms with van der Waals surface area (Å²) in [4.78, 5) is 12.6. The molecule has 1 saturated heterocycles. The predicted molar refractivity (Wildman–Crippen MR) is 110 cm³/mol. The van der Waals surface area contributed by atoms with E-state index >= 15 is 0 Å². The molecule has 0 atom stereocenters. The molecule has 4 rings (SSSR count). The van der Waals surface area contributed by atoms with Crippen molar-refractivity contribution < 1.29 is 9.53 Å². The molecule has 1 amide bonds. The van der Waals surface area contributed by atoms with Crippen molar-refractivity contribution in [2.75, 3.05) is 13.1 Å². The second kappa shape index (κ2) is 8.87. The van der Waals surface area contributed by atoms with Crippen LogP contribution in [-0.4, -0.2) is 34.0 Å². The van der Waals surface area contributed by atoms with Gasteiger partial charge in [0.15, 0.2) is 5.69 Å². The zero-order chi connectivity index (χ0) is 20.1. The molecule has 1 aliphatic heterocycles. The van der Waals surface area contributed by atoms with Gasteiger partial charge in [-0.15, -0.1) is 5.10 Å². The lowest BCUT2D eigenvalue weighted by atomic mass is 10.1. The molecule has 0 bridgehead atoms. The van der Waals surface area contributed by atoms with E-state index in [1.165, 1.54) is 0 Å². The van der Waals surface area contributed by atoms with Crippen molar-refractivity contribution in [1.29, 1.82) is 0 Å². The lowest BCUT2D eigenvalue weighted by molar-refractivity contribution is 0.0945. The Labute approximate surface area is 170 Å². The number of para-hydroxylation sites is 1. The quantitative estimate of drug-likeness (QED) is 0.674. The van der Waals surface area contributed by atoms with E-state index < -0.39 is 0 Å². The minimum atomic E-state index is -0.211. The smallest absolute Gasteiger partial charge is 0.274 e. The monoisotopic (exact) mass is 391 g/mol. The first-order valence-electron chi connectivity index (χ1n) is 9.93. The Morgan fingerprint density at radius 2 is 1.90 bits per heavy atom. The molecule has 0 radical (unpaired) electrons. The van der Waals surface area contributed by atoms with Gasteiger partial charge in [-0.1, -0.05) is 35.5 Å². The van der Waals surface area contributed by atoms with Crippen LogP contribution in [0.25, 0.3) is 0 Å². The first kappa shape index (κ1) is 19.1. The molecule has 0 spiro atoms. The number of carbonyl (C=O) groups is 1. The molecule has 3 aromatic rings. The molecule has 1 fully saturated rings. The number of aromatic nitrogens is 3. The van der Waals surface area contributed by atoms with Gasteiger partial charge in [0, 0.05) is 6.54 Å². The number of benzene rings is 2. The molecule has 7 heteroatoms. The third-order valence-electron chi connectivity index (χ3n) is 5.13. The summed E-state index contributed by atoms with van der Waals surface area (Å²) >= 11 is 0. The second-order valence-corrected chi connectivity index (χ2v) is 7.19. The highest BCUT2D eigenvalue weighted by Crippen LogP contribution is 2.22. The van der Waals surface area contributed by atoms with E-state index in [2.05, 4.69) is 20.9 Å². The Balaban J connectivity index is 1.38. The fourth-order valence-electron chi connectivity index (χ4n) is 3.56. The minimum absolute atomic E-state index is 0.211. The third-order valence-corrected chi connectivity index (χ3v) is 5.13. The van der Waals surface area contributed by atoms with Gasteiger partial charge in [0.1, 0.15) is 11.5 Å². The first-order valence-corrected chi connectivity index (χ1v) is 9.93. The molecule has 0 saturated carbocycles. The van der Waals surface area contributed by atoms with Crippen LogP contribution in [0.1, 0.15) is 40.6 Å². The highest BCUT2D eigenvalue weighted by Gasteiger charge is 2.22. The van der Waals surface area contributed by atoms with Gasteiger partial charge in [-0.2, -0.15) is 0 Å². The number of nitrogens with one attached hydrogen (secondary N) is 2. The average molecular weight is 391 g/mol. The maximum Gasteiger partial charge on any atom is 0.274 e. The Kier molecular flexibility index (Phi) is 5.86. The van der Waals surface area contributed by atoms with Gasteiger partial charge in [0.25, 0.3) is 5.91 Å².